The van der Waals surface area contributed by atoms with Crippen molar-refractivity contribution in [3.8, 4) is 0 Å². The highest BCUT2D eigenvalue weighted by Crippen LogP contribution is 2.03. The average molecular weight is 237 g/mol. The van der Waals surface area contributed by atoms with Crippen LogP contribution < -0.4 is 5.32 Å². The summed E-state index contributed by atoms with van der Waals surface area (Å²) in [5, 5.41) is 18.8. The number of hydrogen-bond acceptors (Lipinski definition) is 4. The van der Waals surface area contributed by atoms with Crippen molar-refractivity contribution in [2.24, 2.45) is 5.92 Å². The van der Waals surface area contributed by atoms with Crippen molar-refractivity contribution in [3.63, 3.8) is 0 Å². The molecule has 0 fully saturated rings. The van der Waals surface area contributed by atoms with E-state index in [0.29, 0.717) is 5.69 Å². The third-order valence-electron chi connectivity index (χ3n) is 2.25. The Labute approximate surface area is 99.1 Å². The minimum Gasteiger partial charge on any atom is -0.480 e. The number of rotatable bonds is 4. The van der Waals surface area contributed by atoms with E-state index in [2.05, 4.69) is 15.5 Å². The van der Waals surface area contributed by atoms with Gasteiger partial charge in [-0.05, 0) is 25.0 Å². The highest BCUT2D eigenvalue weighted by Gasteiger charge is 2.24. The molecule has 0 spiro atoms. The number of carboxylic acid groups (broad SMARTS) is 1. The van der Waals surface area contributed by atoms with Crippen molar-refractivity contribution < 1.29 is 14.7 Å². The number of aryl methyl sites for hydroxylation is 1. The van der Waals surface area contributed by atoms with Crippen molar-refractivity contribution in [1.82, 2.24) is 15.5 Å². The normalized spacial score (nSPS) is 12.2. The Morgan fingerprint density at radius 1 is 1.29 bits per heavy atom. The highest BCUT2D eigenvalue weighted by molar-refractivity contribution is 5.94. The van der Waals surface area contributed by atoms with Crippen LogP contribution in [0.2, 0.25) is 0 Å². The van der Waals surface area contributed by atoms with Crippen molar-refractivity contribution in [3.05, 3.63) is 23.5 Å². The Morgan fingerprint density at radius 3 is 2.35 bits per heavy atom. The van der Waals surface area contributed by atoms with Gasteiger partial charge in [0.1, 0.15) is 6.04 Å². The molecule has 0 saturated heterocycles. The lowest BCUT2D eigenvalue weighted by atomic mass is 10.0. The maximum atomic E-state index is 11.7. The van der Waals surface area contributed by atoms with Gasteiger partial charge in [-0.3, -0.25) is 4.79 Å². The van der Waals surface area contributed by atoms with Gasteiger partial charge in [0.25, 0.3) is 5.91 Å². The van der Waals surface area contributed by atoms with Crippen LogP contribution in [0.4, 0.5) is 0 Å². The molecule has 0 aliphatic heterocycles. The summed E-state index contributed by atoms with van der Waals surface area (Å²) in [7, 11) is 0. The van der Waals surface area contributed by atoms with E-state index in [-0.39, 0.29) is 11.6 Å². The van der Waals surface area contributed by atoms with Gasteiger partial charge in [-0.15, -0.1) is 5.10 Å². The van der Waals surface area contributed by atoms with E-state index >= 15 is 0 Å². The predicted octanol–water partition coefficient (Wildman–Crippen LogP) is 0.624. The Kier molecular flexibility index (Phi) is 4.14. The zero-order chi connectivity index (χ0) is 13.0. The Hall–Kier alpha value is -1.98. The number of nitrogens with one attached hydrogen (secondary N) is 1. The lowest BCUT2D eigenvalue weighted by Crippen LogP contribution is -2.44. The van der Waals surface area contributed by atoms with E-state index in [1.54, 1.807) is 26.8 Å². The molecule has 1 aromatic rings. The molecule has 92 valence electrons. The predicted molar refractivity (Wildman–Crippen MR) is 60.5 cm³/mol. The van der Waals surface area contributed by atoms with Crippen molar-refractivity contribution in [1.29, 1.82) is 0 Å². The zero-order valence-electron chi connectivity index (χ0n) is 9.97. The molecule has 6 nitrogen and oxygen atoms in total. The first-order valence-electron chi connectivity index (χ1n) is 5.26. The molecule has 1 atom stereocenters. The topological polar surface area (TPSA) is 92.2 Å². The standard InChI is InChI=1S/C11H15N3O3/c1-6(2)9(11(16)17)12-10(15)8-5-4-7(3)13-14-8/h4-6,9H,1-3H3,(H,12,15)(H,16,17)/t9-/m0/s1. The summed E-state index contributed by atoms with van der Waals surface area (Å²) >= 11 is 0. The van der Waals surface area contributed by atoms with Gasteiger partial charge in [-0.2, -0.15) is 5.10 Å². The van der Waals surface area contributed by atoms with Crippen molar-refractivity contribution >= 4 is 11.9 Å². The first-order valence-corrected chi connectivity index (χ1v) is 5.26. The fourth-order valence-electron chi connectivity index (χ4n) is 1.25. The second-order valence-corrected chi connectivity index (χ2v) is 4.09. The van der Waals surface area contributed by atoms with Gasteiger partial charge < -0.3 is 10.4 Å². The lowest BCUT2D eigenvalue weighted by molar-refractivity contribution is -0.140. The Morgan fingerprint density at radius 2 is 1.94 bits per heavy atom. The van der Waals surface area contributed by atoms with Gasteiger partial charge in [-0.25, -0.2) is 4.79 Å². The first-order chi connectivity index (χ1) is 7.91. The molecule has 2 N–H and O–H groups in total. The van der Waals surface area contributed by atoms with E-state index in [1.807, 2.05) is 0 Å². The summed E-state index contributed by atoms with van der Waals surface area (Å²) in [5.74, 6) is -1.79. The van der Waals surface area contributed by atoms with Gasteiger partial charge >= 0.3 is 5.97 Å². The monoisotopic (exact) mass is 237 g/mol. The molecule has 0 aliphatic rings. The van der Waals surface area contributed by atoms with Crippen molar-refractivity contribution in [2.75, 3.05) is 0 Å². The molecule has 1 rings (SSSR count). The number of amides is 1. The summed E-state index contributed by atoms with van der Waals surface area (Å²) in [5.41, 5.74) is 0.808. The number of hydrogen-bond donors (Lipinski definition) is 2. The zero-order valence-corrected chi connectivity index (χ0v) is 9.97. The lowest BCUT2D eigenvalue weighted by Gasteiger charge is -2.17. The molecule has 1 amide bonds. The third kappa shape index (κ3) is 3.51. The summed E-state index contributed by atoms with van der Waals surface area (Å²) < 4.78 is 0. The molecule has 17 heavy (non-hydrogen) atoms. The molecule has 1 aromatic heterocycles. The van der Waals surface area contributed by atoms with E-state index < -0.39 is 17.9 Å². The quantitative estimate of drug-likeness (QED) is 0.801. The van der Waals surface area contributed by atoms with Crippen LogP contribution in [-0.2, 0) is 4.79 Å². The molecule has 1 heterocycles. The number of carbonyl (C=O) groups excluding carboxylic acids is 1. The molecule has 6 heteroatoms. The van der Waals surface area contributed by atoms with E-state index in [1.165, 1.54) is 6.07 Å². The van der Waals surface area contributed by atoms with Gasteiger partial charge in [0, 0.05) is 0 Å². The summed E-state index contributed by atoms with van der Waals surface area (Å²) in [6.45, 7) is 5.20. The minimum absolute atomic E-state index is 0.113. The Bertz CT molecular complexity index is 414. The van der Waals surface area contributed by atoms with E-state index in [4.69, 9.17) is 5.11 Å². The van der Waals surface area contributed by atoms with Gasteiger partial charge in [0.15, 0.2) is 5.69 Å². The smallest absolute Gasteiger partial charge is 0.326 e. The Balaban J connectivity index is 2.77. The molecule has 0 radical (unpaired) electrons. The molecular formula is C11H15N3O3. The molecule has 0 unspecified atom stereocenters. The maximum absolute atomic E-state index is 11.7. The average Bonchev–Trinajstić information content (AvgIpc) is 2.25. The minimum atomic E-state index is -1.06. The summed E-state index contributed by atoms with van der Waals surface area (Å²) in [4.78, 5) is 22.6. The number of aromatic nitrogens is 2. The second kappa shape index (κ2) is 5.38. The fourth-order valence-corrected chi connectivity index (χ4v) is 1.25. The number of carboxylic acids is 1. The van der Waals surface area contributed by atoms with Gasteiger partial charge in [0.05, 0.1) is 5.69 Å². The molecule has 0 aliphatic carbocycles. The van der Waals surface area contributed by atoms with Crippen LogP contribution in [0.25, 0.3) is 0 Å². The summed E-state index contributed by atoms with van der Waals surface area (Å²) in [6.07, 6.45) is 0. The van der Waals surface area contributed by atoms with E-state index in [9.17, 15) is 9.59 Å². The SMILES string of the molecule is Cc1ccc(C(=O)N[C@H](C(=O)O)C(C)C)nn1. The molecular weight excluding hydrogens is 222 g/mol. The van der Waals surface area contributed by atoms with Crippen molar-refractivity contribution in [2.45, 2.75) is 26.8 Å². The number of aliphatic carboxylic acids is 1. The first kappa shape index (κ1) is 13.1. The van der Waals surface area contributed by atoms with Crippen LogP contribution in [-0.4, -0.2) is 33.2 Å². The molecule has 0 aromatic carbocycles. The molecule has 0 saturated carbocycles. The van der Waals surface area contributed by atoms with Gasteiger partial charge in [0.2, 0.25) is 0 Å². The molecule has 0 bridgehead atoms. The largest absolute Gasteiger partial charge is 0.480 e. The third-order valence-corrected chi connectivity index (χ3v) is 2.25. The highest BCUT2D eigenvalue weighted by atomic mass is 16.4. The fraction of sp³-hybridized carbons (Fsp3) is 0.455. The van der Waals surface area contributed by atoms with E-state index in [0.717, 1.165) is 0 Å². The van der Waals surface area contributed by atoms with Crippen LogP contribution >= 0.6 is 0 Å². The van der Waals surface area contributed by atoms with Crippen LogP contribution in [0.5, 0.6) is 0 Å². The van der Waals surface area contributed by atoms with Crippen LogP contribution in [0.15, 0.2) is 12.1 Å². The van der Waals surface area contributed by atoms with Crippen LogP contribution in [0.1, 0.15) is 30.0 Å². The number of nitrogens with zero attached hydrogens (tertiary/aromatic N) is 2. The number of carbonyl (C=O) groups is 2. The second-order valence-electron chi connectivity index (χ2n) is 4.09. The van der Waals surface area contributed by atoms with Crippen LogP contribution in [0, 0.1) is 12.8 Å². The maximum Gasteiger partial charge on any atom is 0.326 e. The van der Waals surface area contributed by atoms with Crippen LogP contribution in [0.3, 0.4) is 0 Å². The summed E-state index contributed by atoms with van der Waals surface area (Å²) in [6, 6.07) is 2.23. The van der Waals surface area contributed by atoms with Gasteiger partial charge in [-0.1, -0.05) is 13.8 Å².